The van der Waals surface area contributed by atoms with Gasteiger partial charge in [-0.25, -0.2) is 8.78 Å². The van der Waals surface area contributed by atoms with Crippen LogP contribution in [0.1, 0.15) is 36.4 Å². The molecule has 1 aromatic carbocycles. The molecule has 1 aromatic heterocycles. The summed E-state index contributed by atoms with van der Waals surface area (Å²) >= 11 is 0. The SMILES string of the molecule is CN(C(=O)C1[C@@H]2CCC[C@@H]12)[C@@H](c1cccnc1)c1ccc(F)c(F)c1. The fourth-order valence-corrected chi connectivity index (χ4v) is 4.41. The summed E-state index contributed by atoms with van der Waals surface area (Å²) in [6.45, 7) is 0. The first-order valence-electron chi connectivity index (χ1n) is 8.69. The van der Waals surface area contributed by atoms with Gasteiger partial charge in [-0.2, -0.15) is 0 Å². The highest BCUT2D eigenvalue weighted by Crippen LogP contribution is 2.58. The Morgan fingerprint density at radius 3 is 2.56 bits per heavy atom. The van der Waals surface area contributed by atoms with Crippen LogP contribution in [-0.2, 0) is 4.79 Å². The van der Waals surface area contributed by atoms with E-state index in [1.165, 1.54) is 18.6 Å². The number of aromatic nitrogens is 1. The minimum atomic E-state index is -0.907. The summed E-state index contributed by atoms with van der Waals surface area (Å²) in [7, 11) is 1.75. The topological polar surface area (TPSA) is 33.2 Å². The molecule has 1 heterocycles. The van der Waals surface area contributed by atoms with Crippen LogP contribution in [0.15, 0.2) is 42.7 Å². The summed E-state index contributed by atoms with van der Waals surface area (Å²) in [6, 6.07) is 6.98. The van der Waals surface area contributed by atoms with Gasteiger partial charge in [-0.1, -0.05) is 18.6 Å². The van der Waals surface area contributed by atoms with Crippen LogP contribution < -0.4 is 0 Å². The minimum absolute atomic E-state index is 0.0863. The van der Waals surface area contributed by atoms with Gasteiger partial charge in [0.2, 0.25) is 5.91 Å². The van der Waals surface area contributed by atoms with E-state index in [0.717, 1.165) is 24.5 Å². The lowest BCUT2D eigenvalue weighted by molar-refractivity contribution is -0.133. The monoisotopic (exact) mass is 342 g/mol. The second kappa shape index (κ2) is 6.21. The lowest BCUT2D eigenvalue weighted by atomic mass is 9.97. The molecule has 3 atom stereocenters. The van der Waals surface area contributed by atoms with E-state index < -0.39 is 17.7 Å². The fourth-order valence-electron chi connectivity index (χ4n) is 4.41. The molecule has 3 nitrogen and oxygen atoms in total. The van der Waals surface area contributed by atoms with Gasteiger partial charge in [0.25, 0.3) is 0 Å². The number of pyridine rings is 1. The van der Waals surface area contributed by atoms with Gasteiger partial charge in [0.15, 0.2) is 11.6 Å². The van der Waals surface area contributed by atoms with E-state index in [-0.39, 0.29) is 11.8 Å². The van der Waals surface area contributed by atoms with Crippen molar-refractivity contribution in [2.45, 2.75) is 25.3 Å². The summed E-state index contributed by atoms with van der Waals surface area (Å²) in [5, 5.41) is 0. The minimum Gasteiger partial charge on any atom is -0.334 e. The van der Waals surface area contributed by atoms with Crippen LogP contribution in [0.4, 0.5) is 8.78 Å². The van der Waals surface area contributed by atoms with Crippen molar-refractivity contribution in [3.8, 4) is 0 Å². The second-order valence-corrected chi connectivity index (χ2v) is 7.10. The van der Waals surface area contributed by atoms with E-state index in [0.29, 0.717) is 17.4 Å². The summed E-state index contributed by atoms with van der Waals surface area (Å²) in [5.41, 5.74) is 1.34. The van der Waals surface area contributed by atoms with Crippen LogP contribution >= 0.6 is 0 Å². The smallest absolute Gasteiger partial charge is 0.226 e. The molecule has 2 saturated carbocycles. The van der Waals surface area contributed by atoms with E-state index in [1.807, 2.05) is 6.07 Å². The standard InChI is InChI=1S/C20H20F2N2O/c1-24(20(25)18-14-5-2-6-15(14)18)19(13-4-3-9-23-11-13)12-7-8-16(21)17(22)10-12/h3-4,7-11,14-15,18-19H,2,5-6H2,1H3/t14-,15-,19-/m1/s1. The van der Waals surface area contributed by atoms with Gasteiger partial charge >= 0.3 is 0 Å². The Bertz CT molecular complexity index is 786. The van der Waals surface area contributed by atoms with Crippen molar-refractivity contribution in [2.75, 3.05) is 7.05 Å². The summed E-state index contributed by atoms with van der Waals surface area (Å²) < 4.78 is 27.1. The Kier molecular flexibility index (Phi) is 4.02. The Morgan fingerprint density at radius 2 is 1.92 bits per heavy atom. The number of rotatable bonds is 4. The van der Waals surface area contributed by atoms with E-state index in [1.54, 1.807) is 30.4 Å². The molecule has 2 aromatic rings. The summed E-state index contributed by atoms with van der Waals surface area (Å²) in [5.74, 6) is -0.602. The molecule has 0 spiro atoms. The third-order valence-corrected chi connectivity index (χ3v) is 5.69. The quantitative estimate of drug-likeness (QED) is 0.843. The van der Waals surface area contributed by atoms with Gasteiger partial charge in [-0.05, 0) is 54.0 Å². The fraction of sp³-hybridized carbons (Fsp3) is 0.400. The zero-order valence-corrected chi connectivity index (χ0v) is 14.0. The number of carbonyl (C=O) groups excluding carboxylic acids is 1. The molecule has 0 unspecified atom stereocenters. The van der Waals surface area contributed by atoms with E-state index in [2.05, 4.69) is 4.98 Å². The molecule has 2 fully saturated rings. The predicted molar refractivity (Wildman–Crippen MR) is 89.5 cm³/mol. The maximum absolute atomic E-state index is 13.8. The van der Waals surface area contributed by atoms with Crippen LogP contribution in [0.25, 0.3) is 0 Å². The zero-order chi connectivity index (χ0) is 17.6. The molecule has 5 heteroatoms. The van der Waals surface area contributed by atoms with E-state index in [4.69, 9.17) is 0 Å². The number of halogens is 2. The van der Waals surface area contributed by atoms with Gasteiger partial charge in [0.1, 0.15) is 0 Å². The predicted octanol–water partition coefficient (Wildman–Crippen LogP) is 3.95. The first-order chi connectivity index (χ1) is 12.1. The van der Waals surface area contributed by atoms with Gasteiger partial charge in [-0.15, -0.1) is 0 Å². The van der Waals surface area contributed by atoms with Crippen molar-refractivity contribution < 1.29 is 13.6 Å². The van der Waals surface area contributed by atoms with Crippen molar-refractivity contribution in [3.63, 3.8) is 0 Å². The van der Waals surface area contributed by atoms with Gasteiger partial charge < -0.3 is 4.90 Å². The molecule has 25 heavy (non-hydrogen) atoms. The largest absolute Gasteiger partial charge is 0.334 e. The third-order valence-electron chi connectivity index (χ3n) is 5.69. The zero-order valence-electron chi connectivity index (χ0n) is 14.0. The van der Waals surface area contributed by atoms with Crippen LogP contribution in [-0.4, -0.2) is 22.8 Å². The Hall–Kier alpha value is -2.30. The lowest BCUT2D eigenvalue weighted by Crippen LogP contribution is -2.34. The summed E-state index contributed by atoms with van der Waals surface area (Å²) in [4.78, 5) is 18.8. The first-order valence-corrected chi connectivity index (χ1v) is 8.69. The molecular formula is C20H20F2N2O. The van der Waals surface area contributed by atoms with Crippen molar-refractivity contribution in [3.05, 3.63) is 65.5 Å². The average Bonchev–Trinajstić information content (AvgIpc) is 3.09. The molecule has 0 saturated heterocycles. The number of hydrogen-bond donors (Lipinski definition) is 0. The third kappa shape index (κ3) is 2.81. The Balaban J connectivity index is 1.67. The highest BCUT2D eigenvalue weighted by atomic mass is 19.2. The number of hydrogen-bond acceptors (Lipinski definition) is 2. The number of benzene rings is 1. The molecular weight excluding hydrogens is 322 g/mol. The van der Waals surface area contributed by atoms with Gasteiger partial charge in [0, 0.05) is 25.4 Å². The van der Waals surface area contributed by atoms with Crippen molar-refractivity contribution in [2.24, 2.45) is 17.8 Å². The molecule has 4 rings (SSSR count). The number of carbonyl (C=O) groups is 1. The van der Waals surface area contributed by atoms with Crippen molar-refractivity contribution in [1.82, 2.24) is 9.88 Å². The highest BCUT2D eigenvalue weighted by Gasteiger charge is 2.57. The van der Waals surface area contributed by atoms with Crippen LogP contribution in [0, 0.1) is 29.4 Å². The number of amides is 1. The Labute approximate surface area is 145 Å². The second-order valence-electron chi connectivity index (χ2n) is 7.10. The molecule has 0 aliphatic heterocycles. The first kappa shape index (κ1) is 16.2. The molecule has 0 N–H and O–H groups in total. The van der Waals surface area contributed by atoms with E-state index in [9.17, 15) is 13.6 Å². The summed E-state index contributed by atoms with van der Waals surface area (Å²) in [6.07, 6.45) is 6.77. The number of nitrogens with zero attached hydrogens (tertiary/aromatic N) is 2. The molecule has 130 valence electrons. The van der Waals surface area contributed by atoms with Gasteiger partial charge in [0.05, 0.1) is 6.04 Å². The van der Waals surface area contributed by atoms with Crippen LogP contribution in [0.3, 0.4) is 0 Å². The average molecular weight is 342 g/mol. The molecule has 2 aliphatic carbocycles. The number of fused-ring (bicyclic) bond motifs is 1. The van der Waals surface area contributed by atoms with Gasteiger partial charge in [-0.3, -0.25) is 9.78 Å². The lowest BCUT2D eigenvalue weighted by Gasteiger charge is -2.29. The van der Waals surface area contributed by atoms with Crippen molar-refractivity contribution in [1.29, 1.82) is 0 Å². The normalized spacial score (nSPS) is 25.3. The molecule has 2 aliphatic rings. The van der Waals surface area contributed by atoms with Crippen LogP contribution in [0.2, 0.25) is 0 Å². The highest BCUT2D eigenvalue weighted by molar-refractivity contribution is 5.83. The Morgan fingerprint density at radius 1 is 1.16 bits per heavy atom. The maximum atomic E-state index is 13.8. The van der Waals surface area contributed by atoms with Crippen molar-refractivity contribution >= 4 is 5.91 Å². The van der Waals surface area contributed by atoms with Crippen LogP contribution in [0.5, 0.6) is 0 Å². The molecule has 0 bridgehead atoms. The van der Waals surface area contributed by atoms with E-state index >= 15 is 0 Å². The molecule has 1 amide bonds. The molecule has 0 radical (unpaired) electrons. The maximum Gasteiger partial charge on any atom is 0.226 e.